The molecule has 0 saturated carbocycles. The third kappa shape index (κ3) is 4.34. The van der Waals surface area contributed by atoms with Crippen molar-refractivity contribution >= 4 is 11.9 Å². The Morgan fingerprint density at radius 1 is 1.04 bits per heavy atom. The van der Waals surface area contributed by atoms with E-state index >= 15 is 0 Å². The fraction of sp³-hybridized carbons (Fsp3) is 0.364. The Bertz CT molecular complexity index is 821. The second-order valence-electron chi connectivity index (χ2n) is 7.40. The van der Waals surface area contributed by atoms with Crippen LogP contribution < -0.4 is 0 Å². The Morgan fingerprint density at radius 3 is 2.32 bits per heavy atom. The molecule has 28 heavy (non-hydrogen) atoms. The third-order valence-electron chi connectivity index (χ3n) is 5.56. The van der Waals surface area contributed by atoms with Gasteiger partial charge in [0.25, 0.3) is 0 Å². The van der Waals surface area contributed by atoms with Gasteiger partial charge in [-0.1, -0.05) is 42.5 Å². The highest BCUT2D eigenvalue weighted by Gasteiger charge is 2.49. The maximum absolute atomic E-state index is 12.5. The van der Waals surface area contributed by atoms with E-state index in [2.05, 4.69) is 0 Å². The fourth-order valence-electron chi connectivity index (χ4n) is 3.77. The first-order valence-corrected chi connectivity index (χ1v) is 9.42. The van der Waals surface area contributed by atoms with E-state index in [-0.39, 0.29) is 37.5 Å². The Morgan fingerprint density at radius 2 is 1.71 bits per heavy atom. The lowest BCUT2D eigenvalue weighted by Crippen LogP contribution is -2.57. The summed E-state index contributed by atoms with van der Waals surface area (Å²) in [5, 5.41) is 29.8. The van der Waals surface area contributed by atoms with Gasteiger partial charge in [-0.2, -0.15) is 0 Å². The van der Waals surface area contributed by atoms with Gasteiger partial charge in [0.2, 0.25) is 5.91 Å². The number of hydrogen-bond acceptors (Lipinski definition) is 4. The van der Waals surface area contributed by atoms with Gasteiger partial charge in [-0.25, -0.2) is 0 Å². The lowest BCUT2D eigenvalue weighted by molar-refractivity contribution is -0.166. The van der Waals surface area contributed by atoms with Crippen molar-refractivity contribution < 1.29 is 24.9 Å². The van der Waals surface area contributed by atoms with Crippen molar-refractivity contribution in [3.63, 3.8) is 0 Å². The number of carbonyl (C=O) groups excluding carboxylic acids is 1. The number of phenols is 1. The Balaban J connectivity index is 1.63. The summed E-state index contributed by atoms with van der Waals surface area (Å²) < 4.78 is 0. The summed E-state index contributed by atoms with van der Waals surface area (Å²) >= 11 is 0. The molecular formula is C22H25NO5. The van der Waals surface area contributed by atoms with E-state index in [1.54, 1.807) is 29.2 Å². The van der Waals surface area contributed by atoms with Crippen LogP contribution in [0.5, 0.6) is 5.75 Å². The van der Waals surface area contributed by atoms with Crippen LogP contribution in [-0.4, -0.2) is 51.3 Å². The number of carboxylic acids is 1. The van der Waals surface area contributed by atoms with E-state index < -0.39 is 17.5 Å². The van der Waals surface area contributed by atoms with Crippen LogP contribution in [-0.2, 0) is 22.4 Å². The van der Waals surface area contributed by atoms with E-state index in [4.69, 9.17) is 0 Å². The van der Waals surface area contributed by atoms with Crippen molar-refractivity contribution in [2.45, 2.75) is 31.8 Å². The van der Waals surface area contributed by atoms with Crippen LogP contribution >= 0.6 is 0 Å². The molecule has 6 nitrogen and oxygen atoms in total. The van der Waals surface area contributed by atoms with Crippen LogP contribution in [0.25, 0.3) is 0 Å². The molecule has 1 aliphatic rings. The number of aliphatic hydroxyl groups is 1. The van der Waals surface area contributed by atoms with Gasteiger partial charge in [0.15, 0.2) is 0 Å². The van der Waals surface area contributed by atoms with Crippen LogP contribution in [0.3, 0.4) is 0 Å². The van der Waals surface area contributed by atoms with Gasteiger partial charge in [0.1, 0.15) is 11.2 Å². The molecule has 0 spiro atoms. The summed E-state index contributed by atoms with van der Waals surface area (Å²) in [4.78, 5) is 26.1. The fourth-order valence-corrected chi connectivity index (χ4v) is 3.77. The van der Waals surface area contributed by atoms with E-state index in [0.717, 1.165) is 11.1 Å². The highest BCUT2D eigenvalue weighted by molar-refractivity contribution is 5.79. The van der Waals surface area contributed by atoms with E-state index in [9.17, 15) is 24.9 Å². The minimum Gasteiger partial charge on any atom is -0.508 e. The molecule has 1 fully saturated rings. The number of amides is 1. The number of benzene rings is 2. The zero-order valence-corrected chi connectivity index (χ0v) is 15.6. The molecule has 1 saturated heterocycles. The zero-order chi connectivity index (χ0) is 20.1. The Labute approximate surface area is 164 Å². The Kier molecular flexibility index (Phi) is 5.99. The van der Waals surface area contributed by atoms with Gasteiger partial charge in [0.05, 0.1) is 6.10 Å². The second-order valence-corrected chi connectivity index (χ2v) is 7.40. The quantitative estimate of drug-likeness (QED) is 0.711. The number of aliphatic hydroxyl groups excluding tert-OH is 1. The lowest BCUT2D eigenvalue weighted by atomic mass is 9.71. The topological polar surface area (TPSA) is 98.1 Å². The van der Waals surface area contributed by atoms with Gasteiger partial charge >= 0.3 is 5.97 Å². The maximum atomic E-state index is 12.5. The first-order chi connectivity index (χ1) is 13.4. The molecule has 0 aliphatic carbocycles. The summed E-state index contributed by atoms with van der Waals surface area (Å²) in [6, 6.07) is 16.0. The molecular weight excluding hydrogens is 358 g/mol. The summed E-state index contributed by atoms with van der Waals surface area (Å²) in [6.07, 6.45) is 0.121. The normalized spacial score (nSPS) is 22.0. The number of likely N-dealkylation sites (tertiary alicyclic amines) is 1. The molecule has 0 bridgehead atoms. The molecule has 1 aliphatic heterocycles. The molecule has 0 radical (unpaired) electrons. The first kappa shape index (κ1) is 19.9. The number of hydrogen-bond donors (Lipinski definition) is 3. The standard InChI is InChI=1S/C22H25NO5/c24-18-9-6-16(7-10-18)8-11-20(26)23-13-12-22(21(27)28,19(25)15-23)14-17-4-2-1-3-5-17/h1-7,9-10,19,24-25H,8,11-15H2,(H,27,28)/t19-,22-/m1/s1. The summed E-state index contributed by atoms with van der Waals surface area (Å²) in [7, 11) is 0. The molecule has 0 unspecified atom stereocenters. The van der Waals surface area contributed by atoms with Crippen molar-refractivity contribution in [2.75, 3.05) is 13.1 Å². The van der Waals surface area contributed by atoms with Crippen molar-refractivity contribution in [3.8, 4) is 5.75 Å². The summed E-state index contributed by atoms with van der Waals surface area (Å²) in [6.45, 7) is 0.331. The van der Waals surface area contributed by atoms with Gasteiger partial charge in [-0.3, -0.25) is 9.59 Å². The van der Waals surface area contributed by atoms with Crippen molar-refractivity contribution in [1.82, 2.24) is 4.90 Å². The number of aromatic hydroxyl groups is 1. The smallest absolute Gasteiger partial charge is 0.312 e. The van der Waals surface area contributed by atoms with Crippen molar-refractivity contribution in [1.29, 1.82) is 0 Å². The molecule has 2 atom stereocenters. The maximum Gasteiger partial charge on any atom is 0.312 e. The predicted octanol–water partition coefficient (Wildman–Crippen LogP) is 2.23. The van der Waals surface area contributed by atoms with Crippen LogP contribution in [0.2, 0.25) is 0 Å². The number of aryl methyl sites for hydroxylation is 1. The predicted molar refractivity (Wildman–Crippen MR) is 104 cm³/mol. The number of carboxylic acid groups (broad SMARTS) is 1. The van der Waals surface area contributed by atoms with E-state index in [0.29, 0.717) is 13.0 Å². The van der Waals surface area contributed by atoms with E-state index in [1.165, 1.54) is 0 Å². The van der Waals surface area contributed by atoms with Crippen molar-refractivity contribution in [3.05, 3.63) is 65.7 Å². The summed E-state index contributed by atoms with van der Waals surface area (Å²) in [5.41, 5.74) is 0.512. The van der Waals surface area contributed by atoms with Crippen LogP contribution in [0.15, 0.2) is 54.6 Å². The largest absolute Gasteiger partial charge is 0.508 e. The molecule has 1 heterocycles. The number of piperidine rings is 1. The number of phenolic OH excluding ortho intramolecular Hbond substituents is 1. The molecule has 0 aromatic heterocycles. The van der Waals surface area contributed by atoms with Crippen LogP contribution in [0.1, 0.15) is 24.0 Å². The van der Waals surface area contributed by atoms with Crippen LogP contribution in [0, 0.1) is 5.41 Å². The SMILES string of the molecule is O=C(CCc1ccc(O)cc1)N1CC[C@](Cc2ccccc2)(C(=O)O)[C@H](O)C1. The minimum absolute atomic E-state index is 0.0214. The molecule has 3 N–H and O–H groups in total. The number of nitrogens with zero attached hydrogens (tertiary/aromatic N) is 1. The van der Waals surface area contributed by atoms with Gasteiger partial charge in [-0.05, 0) is 42.5 Å². The first-order valence-electron chi connectivity index (χ1n) is 9.42. The van der Waals surface area contributed by atoms with E-state index in [1.807, 2.05) is 30.3 Å². The lowest BCUT2D eigenvalue weighted by Gasteiger charge is -2.43. The number of rotatable bonds is 6. The molecule has 2 aromatic rings. The van der Waals surface area contributed by atoms with Gasteiger partial charge in [0, 0.05) is 19.5 Å². The monoisotopic (exact) mass is 383 g/mol. The average molecular weight is 383 g/mol. The molecule has 148 valence electrons. The minimum atomic E-state index is -1.28. The summed E-state index contributed by atoms with van der Waals surface area (Å²) in [5.74, 6) is -0.955. The molecule has 6 heteroatoms. The molecule has 3 rings (SSSR count). The molecule has 2 aromatic carbocycles. The second kappa shape index (κ2) is 8.44. The average Bonchev–Trinajstić information content (AvgIpc) is 2.69. The van der Waals surface area contributed by atoms with Crippen LogP contribution in [0.4, 0.5) is 0 Å². The highest BCUT2D eigenvalue weighted by atomic mass is 16.4. The highest BCUT2D eigenvalue weighted by Crippen LogP contribution is 2.36. The third-order valence-corrected chi connectivity index (χ3v) is 5.56. The zero-order valence-electron chi connectivity index (χ0n) is 15.6. The van der Waals surface area contributed by atoms with Crippen molar-refractivity contribution in [2.24, 2.45) is 5.41 Å². The number of carbonyl (C=O) groups is 2. The number of aliphatic carboxylic acids is 1. The Hall–Kier alpha value is -2.86. The number of β-amino-alcohol motifs (C(OH)–C–C–N with tert-alkyl or cyclic N) is 1. The van der Waals surface area contributed by atoms with Gasteiger partial charge < -0.3 is 20.2 Å². The van der Waals surface area contributed by atoms with Gasteiger partial charge in [-0.15, -0.1) is 0 Å². The molecule has 1 amide bonds.